The first-order valence-electron chi connectivity index (χ1n) is 5.46. The molecule has 6 heteroatoms. The van der Waals surface area contributed by atoms with E-state index >= 15 is 0 Å². The second-order valence-electron chi connectivity index (χ2n) is 3.51. The van der Waals surface area contributed by atoms with Crippen molar-refractivity contribution in [2.24, 2.45) is 0 Å². The highest BCUT2D eigenvalue weighted by Gasteiger charge is 2.04. The molecule has 2 atom stereocenters. The zero-order chi connectivity index (χ0) is 13.8. The molecule has 0 fully saturated rings. The van der Waals surface area contributed by atoms with Gasteiger partial charge in [-0.15, -0.1) is 0 Å². The first-order chi connectivity index (χ1) is 8.60. The van der Waals surface area contributed by atoms with E-state index in [1.165, 1.54) is 0 Å². The second-order valence-corrected chi connectivity index (χ2v) is 3.94. The summed E-state index contributed by atoms with van der Waals surface area (Å²) in [6.45, 7) is -0.800. The lowest BCUT2D eigenvalue weighted by Gasteiger charge is -2.10. The van der Waals surface area contributed by atoms with Crippen molar-refractivity contribution in [2.75, 3.05) is 26.4 Å². The summed E-state index contributed by atoms with van der Waals surface area (Å²) in [5.41, 5.74) is 0. The maximum atomic E-state index is 8.72. The highest BCUT2D eigenvalue weighted by molar-refractivity contribution is 6.30. The molecule has 0 aromatic heterocycles. The van der Waals surface area contributed by atoms with Crippen molar-refractivity contribution in [3.8, 4) is 0 Å². The SMILES string of the molecule is Clc1ccccc1.OCC(O)COCC(O)CO. The van der Waals surface area contributed by atoms with E-state index < -0.39 is 12.2 Å². The number of benzene rings is 1. The summed E-state index contributed by atoms with van der Waals surface area (Å²) in [7, 11) is 0. The van der Waals surface area contributed by atoms with Crippen LogP contribution in [-0.2, 0) is 4.74 Å². The quantitative estimate of drug-likeness (QED) is 0.590. The minimum Gasteiger partial charge on any atom is -0.394 e. The van der Waals surface area contributed by atoms with Gasteiger partial charge in [0.2, 0.25) is 0 Å². The molecule has 1 aromatic rings. The van der Waals surface area contributed by atoms with E-state index in [9.17, 15) is 0 Å². The van der Waals surface area contributed by atoms with E-state index in [2.05, 4.69) is 0 Å². The van der Waals surface area contributed by atoms with Gasteiger partial charge < -0.3 is 25.2 Å². The topological polar surface area (TPSA) is 90.2 Å². The van der Waals surface area contributed by atoms with Crippen molar-refractivity contribution in [2.45, 2.75) is 12.2 Å². The number of ether oxygens (including phenoxy) is 1. The van der Waals surface area contributed by atoms with Crippen LogP contribution in [0.15, 0.2) is 30.3 Å². The summed E-state index contributed by atoms with van der Waals surface area (Å²) in [6, 6.07) is 9.44. The Labute approximate surface area is 111 Å². The van der Waals surface area contributed by atoms with Crippen LogP contribution in [0.1, 0.15) is 0 Å². The Kier molecular flexibility index (Phi) is 11.0. The number of rotatable bonds is 6. The van der Waals surface area contributed by atoms with E-state index in [1.54, 1.807) is 0 Å². The standard InChI is InChI=1S/C6H5Cl.C6H14O5/c7-6-4-2-1-3-5-6;7-1-5(9)3-11-4-6(10)2-8/h1-5H;5-10H,1-4H2. The maximum Gasteiger partial charge on any atom is 0.100 e. The molecule has 0 saturated heterocycles. The first-order valence-corrected chi connectivity index (χ1v) is 5.84. The van der Waals surface area contributed by atoms with Crippen molar-refractivity contribution in [3.63, 3.8) is 0 Å². The molecular weight excluding hydrogens is 260 g/mol. The predicted octanol–water partition coefficient (Wildman–Crippen LogP) is 0.0494. The third kappa shape index (κ3) is 10.5. The minimum atomic E-state index is -0.916. The summed E-state index contributed by atoms with van der Waals surface area (Å²) in [4.78, 5) is 0. The molecule has 104 valence electrons. The van der Waals surface area contributed by atoms with E-state index in [0.29, 0.717) is 0 Å². The van der Waals surface area contributed by atoms with Crippen molar-refractivity contribution < 1.29 is 25.2 Å². The van der Waals surface area contributed by atoms with Gasteiger partial charge in [-0.1, -0.05) is 29.8 Å². The summed E-state index contributed by atoms with van der Waals surface area (Å²) < 4.78 is 4.72. The van der Waals surface area contributed by atoms with Gasteiger partial charge in [-0.25, -0.2) is 0 Å². The number of aliphatic hydroxyl groups excluding tert-OH is 4. The van der Waals surface area contributed by atoms with Gasteiger partial charge in [0.05, 0.1) is 26.4 Å². The highest BCUT2D eigenvalue weighted by atomic mass is 35.5. The van der Waals surface area contributed by atoms with Gasteiger partial charge in [-0.05, 0) is 12.1 Å². The van der Waals surface area contributed by atoms with Crippen LogP contribution in [0.4, 0.5) is 0 Å². The highest BCUT2D eigenvalue weighted by Crippen LogP contribution is 2.03. The Bertz CT molecular complexity index is 273. The second kappa shape index (κ2) is 11.4. The number of halogens is 1. The van der Waals surface area contributed by atoms with Crippen LogP contribution in [0.25, 0.3) is 0 Å². The molecule has 1 rings (SSSR count). The predicted molar refractivity (Wildman–Crippen MR) is 68.5 cm³/mol. The Morgan fingerprint density at radius 1 is 0.944 bits per heavy atom. The average molecular weight is 279 g/mol. The zero-order valence-corrected chi connectivity index (χ0v) is 10.7. The third-order valence-corrected chi connectivity index (χ3v) is 2.03. The van der Waals surface area contributed by atoms with E-state index in [4.69, 9.17) is 36.8 Å². The Morgan fingerprint density at radius 2 is 1.39 bits per heavy atom. The van der Waals surface area contributed by atoms with Crippen LogP contribution in [0.5, 0.6) is 0 Å². The monoisotopic (exact) mass is 278 g/mol. The van der Waals surface area contributed by atoms with Crippen molar-refractivity contribution in [1.82, 2.24) is 0 Å². The van der Waals surface area contributed by atoms with Crippen LogP contribution in [0.3, 0.4) is 0 Å². The van der Waals surface area contributed by atoms with Gasteiger partial charge in [0, 0.05) is 5.02 Å². The number of hydrogen-bond donors (Lipinski definition) is 4. The van der Waals surface area contributed by atoms with Gasteiger partial charge >= 0.3 is 0 Å². The third-order valence-electron chi connectivity index (χ3n) is 1.78. The molecule has 0 heterocycles. The van der Waals surface area contributed by atoms with E-state index in [0.717, 1.165) is 5.02 Å². The van der Waals surface area contributed by atoms with E-state index in [-0.39, 0.29) is 26.4 Å². The minimum absolute atomic E-state index is 0.0342. The van der Waals surface area contributed by atoms with Crippen molar-refractivity contribution >= 4 is 11.6 Å². The maximum absolute atomic E-state index is 8.72. The molecule has 0 aliphatic heterocycles. The Hall–Kier alpha value is -0.690. The zero-order valence-electron chi connectivity index (χ0n) is 9.94. The van der Waals surface area contributed by atoms with Crippen LogP contribution in [-0.4, -0.2) is 59.1 Å². The molecule has 1 aromatic carbocycles. The van der Waals surface area contributed by atoms with Crippen LogP contribution >= 0.6 is 11.6 Å². The molecule has 0 aliphatic rings. The first kappa shape index (κ1) is 17.3. The van der Waals surface area contributed by atoms with Crippen LogP contribution < -0.4 is 0 Å². The molecule has 0 spiro atoms. The fourth-order valence-corrected chi connectivity index (χ4v) is 1.01. The molecular formula is C12H19ClO5. The Morgan fingerprint density at radius 3 is 1.67 bits per heavy atom. The lowest BCUT2D eigenvalue weighted by atomic mass is 10.4. The molecule has 0 radical (unpaired) electrons. The van der Waals surface area contributed by atoms with Gasteiger partial charge in [0.15, 0.2) is 0 Å². The summed E-state index contributed by atoms with van der Waals surface area (Å²) in [5.74, 6) is 0. The molecule has 5 nitrogen and oxygen atoms in total. The van der Waals surface area contributed by atoms with Crippen molar-refractivity contribution in [3.05, 3.63) is 35.4 Å². The van der Waals surface area contributed by atoms with Gasteiger partial charge in [-0.3, -0.25) is 0 Å². The molecule has 2 unspecified atom stereocenters. The molecule has 0 saturated carbocycles. The summed E-state index contributed by atoms with van der Waals surface area (Å²) >= 11 is 5.54. The molecule has 4 N–H and O–H groups in total. The van der Waals surface area contributed by atoms with E-state index in [1.807, 2.05) is 30.3 Å². The normalized spacial score (nSPS) is 13.4. The fourth-order valence-electron chi connectivity index (χ4n) is 0.860. The molecule has 0 bridgehead atoms. The summed E-state index contributed by atoms with van der Waals surface area (Å²) in [6.07, 6.45) is -1.83. The van der Waals surface area contributed by atoms with Gasteiger partial charge in [-0.2, -0.15) is 0 Å². The summed E-state index contributed by atoms with van der Waals surface area (Å²) in [5, 5.41) is 34.9. The molecule has 0 amide bonds. The lowest BCUT2D eigenvalue weighted by Crippen LogP contribution is -2.25. The number of hydrogen-bond acceptors (Lipinski definition) is 5. The van der Waals surface area contributed by atoms with Gasteiger partial charge in [0.1, 0.15) is 12.2 Å². The lowest BCUT2D eigenvalue weighted by molar-refractivity contribution is -0.0364. The van der Waals surface area contributed by atoms with Crippen LogP contribution in [0, 0.1) is 0 Å². The smallest absolute Gasteiger partial charge is 0.100 e. The largest absolute Gasteiger partial charge is 0.394 e. The number of aliphatic hydroxyl groups is 4. The fraction of sp³-hybridized carbons (Fsp3) is 0.500. The molecule has 18 heavy (non-hydrogen) atoms. The Balaban J connectivity index is 0.000000351. The van der Waals surface area contributed by atoms with Crippen LogP contribution in [0.2, 0.25) is 5.02 Å². The van der Waals surface area contributed by atoms with Gasteiger partial charge in [0.25, 0.3) is 0 Å². The average Bonchev–Trinajstić information content (AvgIpc) is 2.39. The molecule has 0 aliphatic carbocycles. The van der Waals surface area contributed by atoms with Crippen molar-refractivity contribution in [1.29, 1.82) is 0 Å².